The molecule has 4 aromatic rings. The van der Waals surface area contributed by atoms with Gasteiger partial charge in [-0.25, -0.2) is 12.1 Å². The molecule has 0 nitrogen and oxygen atoms in total. The predicted octanol–water partition coefficient (Wildman–Crippen LogP) is 6.17. The summed E-state index contributed by atoms with van der Waals surface area (Å²) in [5.41, 5.74) is 1.34. The van der Waals surface area contributed by atoms with Crippen molar-refractivity contribution in [3.8, 4) is 0 Å². The van der Waals surface area contributed by atoms with Gasteiger partial charge in [-0.1, -0.05) is 6.92 Å². The van der Waals surface area contributed by atoms with Gasteiger partial charge in [0.05, 0.1) is 0 Å². The first-order valence-corrected chi connectivity index (χ1v) is 7.81. The molecule has 4 aromatic carbocycles. The number of benzene rings is 3. The van der Waals surface area contributed by atoms with Crippen LogP contribution >= 0.6 is 0 Å². The molecule has 0 aliphatic carbocycles. The van der Waals surface area contributed by atoms with E-state index in [0.717, 1.165) is 0 Å². The maximum absolute atomic E-state index is 2.89. The van der Waals surface area contributed by atoms with Gasteiger partial charge in [-0.3, -0.25) is 0 Å². The Balaban J connectivity index is 0.000000303. The molecule has 0 bridgehead atoms. The average molecular weight is 358 g/mol. The molecule has 0 amide bonds. The van der Waals surface area contributed by atoms with E-state index in [0.29, 0.717) is 0 Å². The van der Waals surface area contributed by atoms with Gasteiger partial charge in [0.1, 0.15) is 0 Å². The van der Waals surface area contributed by atoms with E-state index in [1.54, 1.807) is 0 Å². The number of rotatable bonds is 0. The van der Waals surface area contributed by atoms with Crippen LogP contribution in [-0.4, -0.2) is 0 Å². The Hall–Kier alpha value is -2.28. The molecule has 1 heteroatoms. The third-order valence-electron chi connectivity index (χ3n) is 2.65. The number of aryl methyl sites for hydroxylation is 1. The molecule has 0 spiro atoms. The van der Waals surface area contributed by atoms with Gasteiger partial charge in [0.15, 0.2) is 0 Å². The van der Waals surface area contributed by atoms with Crippen LogP contribution in [0.3, 0.4) is 0 Å². The molecule has 0 saturated carbocycles. The minimum absolute atomic E-state index is 0. The summed E-state index contributed by atoms with van der Waals surface area (Å²) in [4.78, 5) is 0. The standard InChI is InChI=1S/C6H7.3C6H5.Ti/c1-6-4-2-3-5-6;3*1-2-4-6-5-3-1;/h2-5H,1H3;3*1-5H;/q4*-1;+4. The fraction of sp³-hybridized carbons (Fsp3) is 0.0417. The Morgan fingerprint density at radius 3 is 0.800 bits per heavy atom. The third-order valence-corrected chi connectivity index (χ3v) is 2.65. The zero-order valence-electron chi connectivity index (χ0n) is 14.5. The van der Waals surface area contributed by atoms with Crippen LogP contribution in [0, 0.1) is 25.1 Å². The van der Waals surface area contributed by atoms with Gasteiger partial charge in [-0.2, -0.15) is 127 Å². The monoisotopic (exact) mass is 358 g/mol. The van der Waals surface area contributed by atoms with Gasteiger partial charge in [0, 0.05) is 0 Å². The molecule has 0 aromatic heterocycles. The molecule has 122 valence electrons. The van der Waals surface area contributed by atoms with Gasteiger partial charge in [0.25, 0.3) is 0 Å². The van der Waals surface area contributed by atoms with Crippen LogP contribution in [0.1, 0.15) is 5.56 Å². The van der Waals surface area contributed by atoms with Crippen LogP contribution in [-0.2, 0) is 21.7 Å². The summed E-state index contributed by atoms with van der Waals surface area (Å²) in [7, 11) is 0. The molecule has 4 rings (SSSR count). The van der Waals surface area contributed by atoms with Crippen LogP contribution < -0.4 is 0 Å². The summed E-state index contributed by atoms with van der Waals surface area (Å²) in [5.74, 6) is 0. The Bertz CT molecular complexity index is 504. The first-order valence-electron chi connectivity index (χ1n) is 7.81. The Morgan fingerprint density at radius 2 is 0.720 bits per heavy atom. The molecule has 25 heavy (non-hydrogen) atoms. The topological polar surface area (TPSA) is 0 Å². The zero-order valence-corrected chi connectivity index (χ0v) is 16.0. The van der Waals surface area contributed by atoms with E-state index in [9.17, 15) is 0 Å². The summed E-state index contributed by atoms with van der Waals surface area (Å²) in [6, 6.07) is 45.7. The van der Waals surface area contributed by atoms with Crippen molar-refractivity contribution in [2.45, 2.75) is 6.92 Å². The minimum Gasteiger partial charge on any atom is -0.213 e. The summed E-state index contributed by atoms with van der Waals surface area (Å²) in [6.07, 6.45) is 0. The normalized spacial score (nSPS) is 7.88. The number of hydrogen-bond acceptors (Lipinski definition) is 0. The molecule has 0 unspecified atom stereocenters. The van der Waals surface area contributed by atoms with Crippen molar-refractivity contribution in [2.24, 2.45) is 0 Å². The van der Waals surface area contributed by atoms with Gasteiger partial charge in [-0.15, -0.1) is 0 Å². The van der Waals surface area contributed by atoms with Gasteiger partial charge in [0.2, 0.25) is 0 Å². The minimum atomic E-state index is 0. The van der Waals surface area contributed by atoms with Crippen molar-refractivity contribution in [3.63, 3.8) is 0 Å². The molecule has 0 radical (unpaired) electrons. The Kier molecular flexibility index (Phi) is 16.4. The maximum Gasteiger partial charge on any atom is 4.00 e. The van der Waals surface area contributed by atoms with Crippen LogP contribution in [0.25, 0.3) is 0 Å². The average Bonchev–Trinajstić information content (AvgIpc) is 3.18. The maximum atomic E-state index is 2.89. The molecular formula is C24H22Ti. The van der Waals surface area contributed by atoms with E-state index < -0.39 is 0 Å². The smallest absolute Gasteiger partial charge is 0.213 e. The molecule has 0 aliphatic heterocycles. The van der Waals surface area contributed by atoms with E-state index in [1.165, 1.54) is 5.56 Å². The van der Waals surface area contributed by atoms with Crippen LogP contribution in [0.4, 0.5) is 0 Å². The number of hydrogen-bond donors (Lipinski definition) is 0. The van der Waals surface area contributed by atoms with Crippen molar-refractivity contribution in [3.05, 3.63) is 139 Å². The predicted molar refractivity (Wildman–Crippen MR) is 103 cm³/mol. The Labute approximate surface area is 167 Å². The summed E-state index contributed by atoms with van der Waals surface area (Å²) in [6.45, 7) is 2.08. The van der Waals surface area contributed by atoms with E-state index in [1.807, 2.05) is 103 Å². The molecule has 0 aliphatic rings. The summed E-state index contributed by atoms with van der Waals surface area (Å²) < 4.78 is 0. The zero-order chi connectivity index (χ0) is 17.1. The first kappa shape index (κ1) is 22.7. The van der Waals surface area contributed by atoms with Crippen molar-refractivity contribution in [2.75, 3.05) is 0 Å². The molecular weight excluding hydrogens is 336 g/mol. The summed E-state index contributed by atoms with van der Waals surface area (Å²) >= 11 is 0. The summed E-state index contributed by atoms with van der Waals surface area (Å²) in [5, 5.41) is 0. The van der Waals surface area contributed by atoms with E-state index in [2.05, 4.69) is 37.3 Å². The fourth-order valence-corrected chi connectivity index (χ4v) is 1.50. The second-order valence-electron chi connectivity index (χ2n) is 4.69. The van der Waals surface area contributed by atoms with Gasteiger partial charge < -0.3 is 0 Å². The molecule has 0 fully saturated rings. The quantitative estimate of drug-likeness (QED) is 0.260. The van der Waals surface area contributed by atoms with E-state index >= 15 is 0 Å². The van der Waals surface area contributed by atoms with Gasteiger partial charge in [-0.05, 0) is 0 Å². The van der Waals surface area contributed by atoms with E-state index in [-0.39, 0.29) is 21.7 Å². The third kappa shape index (κ3) is 16.4. The van der Waals surface area contributed by atoms with Crippen molar-refractivity contribution in [1.82, 2.24) is 0 Å². The second kappa shape index (κ2) is 18.1. The SMILES string of the molecule is C[c-]1cccc1.[Ti+4].[c-]1ccccc1.[c-]1ccccc1.[c-]1ccccc1. The van der Waals surface area contributed by atoms with Crippen molar-refractivity contribution < 1.29 is 21.7 Å². The molecule has 0 heterocycles. The van der Waals surface area contributed by atoms with Crippen LogP contribution in [0.5, 0.6) is 0 Å². The Morgan fingerprint density at radius 1 is 0.440 bits per heavy atom. The fourth-order valence-electron chi connectivity index (χ4n) is 1.50. The second-order valence-corrected chi connectivity index (χ2v) is 4.69. The first-order chi connectivity index (χ1) is 11.9. The molecule has 0 N–H and O–H groups in total. The van der Waals surface area contributed by atoms with Gasteiger partial charge >= 0.3 is 21.7 Å². The largest absolute Gasteiger partial charge is 4.00 e. The van der Waals surface area contributed by atoms with Crippen molar-refractivity contribution in [1.29, 1.82) is 0 Å². The van der Waals surface area contributed by atoms with Crippen LogP contribution in [0.2, 0.25) is 0 Å². The van der Waals surface area contributed by atoms with Crippen molar-refractivity contribution >= 4 is 0 Å². The molecule has 0 saturated heterocycles. The van der Waals surface area contributed by atoms with E-state index in [4.69, 9.17) is 0 Å². The van der Waals surface area contributed by atoms with Crippen LogP contribution in [0.15, 0.2) is 115 Å². The molecule has 0 atom stereocenters.